The van der Waals surface area contributed by atoms with E-state index in [2.05, 4.69) is 31.4 Å². The number of hydrogen-bond acceptors (Lipinski definition) is 5. The van der Waals surface area contributed by atoms with Gasteiger partial charge >= 0.3 is 0 Å². The van der Waals surface area contributed by atoms with E-state index >= 15 is 0 Å². The molecule has 20 heavy (non-hydrogen) atoms. The van der Waals surface area contributed by atoms with Gasteiger partial charge in [-0.2, -0.15) is 4.98 Å². The molecule has 0 spiro atoms. The van der Waals surface area contributed by atoms with Crippen molar-refractivity contribution < 1.29 is 9.26 Å². The molecule has 0 fully saturated rings. The summed E-state index contributed by atoms with van der Waals surface area (Å²) in [7, 11) is 1.92. The van der Waals surface area contributed by atoms with E-state index in [1.165, 1.54) is 5.56 Å². The summed E-state index contributed by atoms with van der Waals surface area (Å²) in [6.45, 7) is 5.13. The Balaban J connectivity index is 1.99. The second kappa shape index (κ2) is 6.85. The largest absolute Gasteiger partial charge is 0.483 e. The average molecular weight is 340 g/mol. The van der Waals surface area contributed by atoms with Gasteiger partial charge in [0.1, 0.15) is 5.75 Å². The highest BCUT2D eigenvalue weighted by atomic mass is 79.9. The summed E-state index contributed by atoms with van der Waals surface area (Å²) in [5.41, 5.74) is 1.19. The van der Waals surface area contributed by atoms with Crippen LogP contribution in [0.5, 0.6) is 5.75 Å². The summed E-state index contributed by atoms with van der Waals surface area (Å²) in [5, 5.41) is 7.01. The van der Waals surface area contributed by atoms with Crippen molar-refractivity contribution in [2.45, 2.75) is 32.9 Å². The number of ether oxygens (including phenoxy) is 1. The van der Waals surface area contributed by atoms with Crippen LogP contribution in [0.4, 0.5) is 0 Å². The van der Waals surface area contributed by atoms with Crippen molar-refractivity contribution in [2.24, 2.45) is 0 Å². The first-order valence-corrected chi connectivity index (χ1v) is 7.27. The van der Waals surface area contributed by atoms with Crippen LogP contribution in [-0.2, 0) is 13.2 Å². The van der Waals surface area contributed by atoms with Crippen molar-refractivity contribution in [1.82, 2.24) is 15.5 Å². The number of rotatable bonds is 6. The molecule has 0 amide bonds. The molecule has 1 aromatic carbocycles. The van der Waals surface area contributed by atoms with Gasteiger partial charge in [0.25, 0.3) is 5.89 Å². The molecule has 6 heteroatoms. The lowest BCUT2D eigenvalue weighted by Crippen LogP contribution is -2.05. The third-order valence-electron chi connectivity index (χ3n) is 2.73. The molecule has 1 N–H and O–H groups in total. The van der Waals surface area contributed by atoms with E-state index in [9.17, 15) is 0 Å². The van der Waals surface area contributed by atoms with Crippen LogP contribution in [-0.4, -0.2) is 17.2 Å². The predicted octanol–water partition coefficient (Wildman–Crippen LogP) is 3.25. The first-order valence-electron chi connectivity index (χ1n) is 6.48. The normalized spacial score (nSPS) is 11.1. The van der Waals surface area contributed by atoms with Gasteiger partial charge in [0, 0.05) is 12.5 Å². The van der Waals surface area contributed by atoms with Gasteiger partial charge in [-0.3, -0.25) is 0 Å². The number of hydrogen-bond donors (Lipinski definition) is 1. The average Bonchev–Trinajstić information content (AvgIpc) is 2.87. The molecule has 0 saturated heterocycles. The SMILES string of the molecule is CNCc1ccc(OCc2nc(C(C)C)no2)c(Br)c1. The van der Waals surface area contributed by atoms with Gasteiger partial charge in [-0.1, -0.05) is 25.1 Å². The summed E-state index contributed by atoms with van der Waals surface area (Å²) in [6.07, 6.45) is 0. The van der Waals surface area contributed by atoms with Crippen molar-refractivity contribution in [3.63, 3.8) is 0 Å². The third kappa shape index (κ3) is 3.80. The van der Waals surface area contributed by atoms with Crippen LogP contribution in [0.25, 0.3) is 0 Å². The van der Waals surface area contributed by atoms with E-state index in [4.69, 9.17) is 9.26 Å². The van der Waals surface area contributed by atoms with Crippen LogP contribution < -0.4 is 10.1 Å². The van der Waals surface area contributed by atoms with E-state index in [1.54, 1.807) is 0 Å². The quantitative estimate of drug-likeness (QED) is 0.875. The Bertz CT molecular complexity index is 569. The first-order chi connectivity index (χ1) is 9.60. The van der Waals surface area contributed by atoms with Crippen LogP contribution in [0, 0.1) is 0 Å². The fourth-order valence-corrected chi connectivity index (χ4v) is 2.22. The number of benzene rings is 1. The molecule has 0 atom stereocenters. The molecule has 0 unspecified atom stereocenters. The topological polar surface area (TPSA) is 60.2 Å². The van der Waals surface area contributed by atoms with Crippen molar-refractivity contribution in [3.05, 3.63) is 40.0 Å². The van der Waals surface area contributed by atoms with Crippen molar-refractivity contribution in [1.29, 1.82) is 0 Å². The highest BCUT2D eigenvalue weighted by Crippen LogP contribution is 2.26. The Morgan fingerprint density at radius 3 is 2.80 bits per heavy atom. The summed E-state index contributed by atoms with van der Waals surface area (Å²) in [6, 6.07) is 5.97. The van der Waals surface area contributed by atoms with Gasteiger partial charge in [0.2, 0.25) is 0 Å². The van der Waals surface area contributed by atoms with Crippen LogP contribution in [0.2, 0.25) is 0 Å². The van der Waals surface area contributed by atoms with E-state index < -0.39 is 0 Å². The second-order valence-electron chi connectivity index (χ2n) is 4.78. The van der Waals surface area contributed by atoms with Gasteiger partial charge in [-0.05, 0) is 40.7 Å². The molecular formula is C14H18BrN3O2. The van der Waals surface area contributed by atoms with Crippen LogP contribution in [0.15, 0.2) is 27.2 Å². The zero-order chi connectivity index (χ0) is 14.5. The molecular weight excluding hydrogens is 322 g/mol. The van der Waals surface area contributed by atoms with E-state index in [0.29, 0.717) is 11.7 Å². The van der Waals surface area contributed by atoms with Gasteiger partial charge in [0.15, 0.2) is 12.4 Å². The Hall–Kier alpha value is -1.40. The summed E-state index contributed by atoms with van der Waals surface area (Å²) >= 11 is 3.50. The second-order valence-corrected chi connectivity index (χ2v) is 5.64. The van der Waals surface area contributed by atoms with Gasteiger partial charge < -0.3 is 14.6 Å². The zero-order valence-corrected chi connectivity index (χ0v) is 13.4. The van der Waals surface area contributed by atoms with Crippen LogP contribution in [0.3, 0.4) is 0 Å². The lowest BCUT2D eigenvalue weighted by molar-refractivity contribution is 0.241. The minimum atomic E-state index is 0.250. The lowest BCUT2D eigenvalue weighted by Gasteiger charge is -2.07. The molecule has 0 radical (unpaired) electrons. The fourth-order valence-electron chi connectivity index (χ4n) is 1.68. The minimum absolute atomic E-state index is 0.250. The molecule has 0 saturated carbocycles. The molecule has 0 aliphatic carbocycles. The number of nitrogens with one attached hydrogen (secondary N) is 1. The molecule has 5 nitrogen and oxygen atoms in total. The van der Waals surface area contributed by atoms with Crippen molar-refractivity contribution in [2.75, 3.05) is 7.05 Å². The molecule has 1 aromatic heterocycles. The third-order valence-corrected chi connectivity index (χ3v) is 3.35. The monoisotopic (exact) mass is 339 g/mol. The van der Waals surface area contributed by atoms with Crippen molar-refractivity contribution >= 4 is 15.9 Å². The summed E-state index contributed by atoms with van der Waals surface area (Å²) in [5.74, 6) is 2.20. The Labute approximate surface area is 126 Å². The highest BCUT2D eigenvalue weighted by molar-refractivity contribution is 9.10. The van der Waals surface area contributed by atoms with E-state index in [1.807, 2.05) is 39.1 Å². The Morgan fingerprint density at radius 2 is 2.20 bits per heavy atom. The van der Waals surface area contributed by atoms with Crippen LogP contribution in [0.1, 0.15) is 37.0 Å². The van der Waals surface area contributed by atoms with Crippen molar-refractivity contribution in [3.8, 4) is 5.75 Å². The maximum absolute atomic E-state index is 5.69. The molecule has 2 aromatic rings. The molecule has 0 aliphatic heterocycles. The Morgan fingerprint density at radius 1 is 1.40 bits per heavy atom. The lowest BCUT2D eigenvalue weighted by atomic mass is 10.2. The van der Waals surface area contributed by atoms with Gasteiger partial charge in [0.05, 0.1) is 4.47 Å². The molecule has 1 heterocycles. The smallest absolute Gasteiger partial charge is 0.264 e. The van der Waals surface area contributed by atoms with E-state index in [-0.39, 0.29) is 12.5 Å². The number of nitrogens with zero attached hydrogens (tertiary/aromatic N) is 2. The first kappa shape index (κ1) is 15.0. The molecule has 108 valence electrons. The standard InChI is InChI=1S/C14H18BrN3O2/c1-9(2)14-17-13(20-18-14)8-19-12-5-4-10(7-16-3)6-11(12)15/h4-6,9,16H,7-8H2,1-3H3. The molecule has 2 rings (SSSR count). The fraction of sp³-hybridized carbons (Fsp3) is 0.429. The summed E-state index contributed by atoms with van der Waals surface area (Å²) < 4.78 is 11.7. The Kier molecular flexibility index (Phi) is 5.14. The summed E-state index contributed by atoms with van der Waals surface area (Å²) in [4.78, 5) is 4.27. The van der Waals surface area contributed by atoms with Crippen LogP contribution >= 0.6 is 15.9 Å². The van der Waals surface area contributed by atoms with Gasteiger partial charge in [-0.25, -0.2) is 0 Å². The number of halogens is 1. The van der Waals surface area contributed by atoms with Gasteiger partial charge in [-0.15, -0.1) is 0 Å². The predicted molar refractivity (Wildman–Crippen MR) is 79.6 cm³/mol. The highest BCUT2D eigenvalue weighted by Gasteiger charge is 2.11. The maximum Gasteiger partial charge on any atom is 0.264 e. The van der Waals surface area contributed by atoms with E-state index in [0.717, 1.165) is 16.8 Å². The maximum atomic E-state index is 5.69. The molecule has 0 aliphatic rings. The molecule has 0 bridgehead atoms. The zero-order valence-electron chi connectivity index (χ0n) is 11.8. The minimum Gasteiger partial charge on any atom is -0.483 e. The number of aromatic nitrogens is 2.